The van der Waals surface area contributed by atoms with Crippen molar-refractivity contribution in [1.82, 2.24) is 14.8 Å². The van der Waals surface area contributed by atoms with Crippen LogP contribution in [0.5, 0.6) is 0 Å². The van der Waals surface area contributed by atoms with E-state index in [2.05, 4.69) is 10.1 Å². The maximum absolute atomic E-state index is 13.3. The lowest BCUT2D eigenvalue weighted by Crippen LogP contribution is -2.52. The summed E-state index contributed by atoms with van der Waals surface area (Å²) in [6, 6.07) is 6.97. The summed E-state index contributed by atoms with van der Waals surface area (Å²) < 4.78 is 7.21. The average molecular weight is 379 g/mol. The van der Waals surface area contributed by atoms with Crippen LogP contribution >= 0.6 is 0 Å². The molecule has 0 saturated heterocycles. The first kappa shape index (κ1) is 17.6. The molecule has 4 saturated carbocycles. The Bertz CT molecular complexity index is 853. The lowest BCUT2D eigenvalue weighted by Gasteiger charge is -2.56. The molecule has 4 aliphatic rings. The van der Waals surface area contributed by atoms with Gasteiger partial charge in [-0.3, -0.25) is 4.79 Å². The first-order valence-corrected chi connectivity index (χ1v) is 10.2. The van der Waals surface area contributed by atoms with Crippen LogP contribution < -0.4 is 0 Å². The maximum atomic E-state index is 13.3. The largest absolute Gasteiger partial charge is 0.451 e. The zero-order valence-corrected chi connectivity index (χ0v) is 16.1. The van der Waals surface area contributed by atoms with Crippen molar-refractivity contribution in [2.24, 2.45) is 23.2 Å². The lowest BCUT2D eigenvalue weighted by atomic mass is 9.48. The van der Waals surface area contributed by atoms with E-state index in [0.717, 1.165) is 24.9 Å². The molecule has 0 radical (unpaired) electrons. The van der Waals surface area contributed by atoms with Crippen LogP contribution in [0, 0.1) is 23.2 Å². The summed E-state index contributed by atoms with van der Waals surface area (Å²) in [6.07, 6.45) is 9.21. The number of hydrogen-bond donors (Lipinski definition) is 0. The van der Waals surface area contributed by atoms with Crippen LogP contribution in [0.2, 0.25) is 0 Å². The van der Waals surface area contributed by atoms with Crippen molar-refractivity contribution in [3.05, 3.63) is 42.5 Å². The number of aromatic nitrogens is 3. The molecule has 28 heavy (non-hydrogen) atoms. The molecule has 0 amide bonds. The molecule has 4 fully saturated rings. The quantitative estimate of drug-likeness (QED) is 0.742. The van der Waals surface area contributed by atoms with Crippen molar-refractivity contribution in [2.75, 3.05) is 0 Å². The number of Topliss-reactive ketones (excluding diaryl/α,β-unsaturated/α-hetero) is 1. The highest BCUT2D eigenvalue weighted by molar-refractivity contribution is 5.94. The Morgan fingerprint density at radius 2 is 1.68 bits per heavy atom. The van der Waals surface area contributed by atoms with Gasteiger partial charge in [-0.15, -0.1) is 0 Å². The van der Waals surface area contributed by atoms with Crippen molar-refractivity contribution in [3.8, 4) is 5.69 Å². The maximum Gasteiger partial charge on any atom is 0.338 e. The molecular formula is C22H25N3O3. The number of esters is 1. The van der Waals surface area contributed by atoms with E-state index in [4.69, 9.17) is 4.74 Å². The summed E-state index contributed by atoms with van der Waals surface area (Å²) in [5.74, 6) is 1.78. The van der Waals surface area contributed by atoms with Gasteiger partial charge in [0.2, 0.25) is 0 Å². The molecular weight excluding hydrogens is 354 g/mol. The van der Waals surface area contributed by atoms with E-state index in [-0.39, 0.29) is 11.2 Å². The minimum absolute atomic E-state index is 0.138. The monoisotopic (exact) mass is 379 g/mol. The van der Waals surface area contributed by atoms with Gasteiger partial charge in [-0.1, -0.05) is 0 Å². The van der Waals surface area contributed by atoms with E-state index in [0.29, 0.717) is 23.3 Å². The molecule has 4 aliphatic carbocycles. The van der Waals surface area contributed by atoms with Crippen LogP contribution in [0.15, 0.2) is 36.9 Å². The van der Waals surface area contributed by atoms with Gasteiger partial charge in [-0.05, 0) is 87.5 Å². The number of hydrogen-bond acceptors (Lipinski definition) is 5. The predicted octanol–water partition coefficient (Wildman–Crippen LogP) is 3.60. The number of nitrogens with zero attached hydrogens (tertiary/aromatic N) is 3. The van der Waals surface area contributed by atoms with Gasteiger partial charge < -0.3 is 4.74 Å². The molecule has 1 unspecified atom stereocenters. The molecule has 0 aliphatic heterocycles. The summed E-state index contributed by atoms with van der Waals surface area (Å²) >= 11 is 0. The van der Waals surface area contributed by atoms with Crippen molar-refractivity contribution in [2.45, 2.75) is 51.6 Å². The molecule has 1 aromatic carbocycles. The van der Waals surface area contributed by atoms with Gasteiger partial charge in [-0.25, -0.2) is 14.5 Å². The van der Waals surface area contributed by atoms with E-state index in [1.54, 1.807) is 42.2 Å². The second-order valence-electron chi connectivity index (χ2n) is 9.00. The highest BCUT2D eigenvalue weighted by Crippen LogP contribution is 2.60. The van der Waals surface area contributed by atoms with Gasteiger partial charge in [0.05, 0.1) is 11.3 Å². The zero-order chi connectivity index (χ0) is 19.3. The smallest absolute Gasteiger partial charge is 0.338 e. The second-order valence-corrected chi connectivity index (χ2v) is 9.00. The molecule has 4 bridgehead atoms. The fourth-order valence-corrected chi connectivity index (χ4v) is 6.22. The van der Waals surface area contributed by atoms with E-state index in [1.807, 2.05) is 0 Å². The van der Waals surface area contributed by atoms with Crippen molar-refractivity contribution in [3.63, 3.8) is 0 Å². The predicted molar refractivity (Wildman–Crippen MR) is 102 cm³/mol. The number of benzene rings is 1. The minimum atomic E-state index is -0.696. The molecule has 1 heterocycles. The van der Waals surface area contributed by atoms with Crippen LogP contribution in [0.4, 0.5) is 0 Å². The Kier molecular flexibility index (Phi) is 4.11. The van der Waals surface area contributed by atoms with Crippen LogP contribution in [0.25, 0.3) is 5.69 Å². The van der Waals surface area contributed by atoms with Crippen LogP contribution in [0.3, 0.4) is 0 Å². The molecule has 6 rings (SSSR count). The summed E-state index contributed by atoms with van der Waals surface area (Å²) in [7, 11) is 0. The number of carbonyl (C=O) groups is 2. The Morgan fingerprint density at radius 3 is 2.21 bits per heavy atom. The number of ether oxygens (including phenoxy) is 1. The second kappa shape index (κ2) is 6.54. The van der Waals surface area contributed by atoms with Gasteiger partial charge >= 0.3 is 5.97 Å². The third-order valence-electron chi connectivity index (χ3n) is 7.00. The third kappa shape index (κ3) is 2.95. The Labute approximate surface area is 164 Å². The molecule has 0 spiro atoms. The lowest BCUT2D eigenvalue weighted by molar-refractivity contribution is -0.152. The molecule has 0 N–H and O–H groups in total. The van der Waals surface area contributed by atoms with Gasteiger partial charge in [0, 0.05) is 5.41 Å². The first-order chi connectivity index (χ1) is 13.5. The van der Waals surface area contributed by atoms with Gasteiger partial charge in [0.15, 0.2) is 11.9 Å². The molecule has 6 nitrogen and oxygen atoms in total. The molecule has 1 aromatic heterocycles. The van der Waals surface area contributed by atoms with Crippen molar-refractivity contribution >= 4 is 11.8 Å². The number of carbonyl (C=O) groups excluding carboxylic acids is 2. The highest BCUT2D eigenvalue weighted by atomic mass is 16.5. The van der Waals surface area contributed by atoms with Gasteiger partial charge in [0.1, 0.15) is 12.7 Å². The molecule has 6 heteroatoms. The number of ketones is 1. The van der Waals surface area contributed by atoms with Crippen molar-refractivity contribution in [1.29, 1.82) is 0 Å². The molecule has 2 aromatic rings. The fourth-order valence-electron chi connectivity index (χ4n) is 6.22. The Morgan fingerprint density at radius 1 is 1.07 bits per heavy atom. The van der Waals surface area contributed by atoms with Crippen LogP contribution in [-0.2, 0) is 9.53 Å². The van der Waals surface area contributed by atoms with Gasteiger partial charge in [0.25, 0.3) is 0 Å². The molecule has 146 valence electrons. The van der Waals surface area contributed by atoms with Crippen LogP contribution in [-0.4, -0.2) is 32.6 Å². The SMILES string of the molecule is CC(OC(=O)c1ccc(-n2cncn2)cc1)C(=O)C12CC3CC(CC(C3)C1)C2. The third-order valence-corrected chi connectivity index (χ3v) is 7.00. The number of rotatable bonds is 5. The summed E-state index contributed by atoms with van der Waals surface area (Å²) in [4.78, 5) is 29.8. The molecule has 1 atom stereocenters. The fraction of sp³-hybridized carbons (Fsp3) is 0.545. The zero-order valence-electron chi connectivity index (χ0n) is 16.1. The van der Waals surface area contributed by atoms with Gasteiger partial charge in [-0.2, -0.15) is 5.10 Å². The Hall–Kier alpha value is -2.50. The summed E-state index contributed by atoms with van der Waals surface area (Å²) in [5.41, 5.74) is 1.01. The van der Waals surface area contributed by atoms with Crippen LogP contribution in [0.1, 0.15) is 55.8 Å². The first-order valence-electron chi connectivity index (χ1n) is 10.2. The Balaban J connectivity index is 1.27. The van der Waals surface area contributed by atoms with Crippen molar-refractivity contribution < 1.29 is 14.3 Å². The normalized spacial score (nSPS) is 31.5. The van der Waals surface area contributed by atoms with E-state index in [9.17, 15) is 9.59 Å². The average Bonchev–Trinajstić information content (AvgIpc) is 3.21. The highest BCUT2D eigenvalue weighted by Gasteiger charge is 2.55. The summed E-state index contributed by atoms with van der Waals surface area (Å²) in [5, 5.41) is 4.07. The summed E-state index contributed by atoms with van der Waals surface area (Å²) in [6.45, 7) is 1.74. The van der Waals surface area contributed by atoms with E-state index >= 15 is 0 Å². The standard InChI is InChI=1S/C22H25N3O3/c1-14(20(26)22-9-15-6-16(10-22)8-17(7-15)11-22)28-21(27)18-2-4-19(5-3-18)25-13-23-12-24-25/h2-5,12-17H,6-11H2,1H3. The minimum Gasteiger partial charge on any atom is -0.451 e. The topological polar surface area (TPSA) is 74.1 Å². The van der Waals surface area contributed by atoms with E-state index in [1.165, 1.54) is 25.6 Å². The van der Waals surface area contributed by atoms with E-state index < -0.39 is 12.1 Å².